The predicted octanol–water partition coefficient (Wildman–Crippen LogP) is 2.21. The van der Waals surface area contributed by atoms with Crippen molar-refractivity contribution in [3.05, 3.63) is 40.4 Å². The molecule has 0 heterocycles. The third kappa shape index (κ3) is 1.95. The summed E-state index contributed by atoms with van der Waals surface area (Å²) in [5, 5.41) is 18.3. The molecule has 1 aromatic rings. The largest absolute Gasteiger partial charge is 0.506 e. The number of nitrogens with zero attached hydrogens (tertiary/aromatic N) is 1. The van der Waals surface area contributed by atoms with E-state index in [2.05, 4.69) is 22.5 Å². The van der Waals surface area contributed by atoms with Crippen molar-refractivity contribution in [1.82, 2.24) is 0 Å². The number of hydrogen-bond donors (Lipinski definition) is 2. The second-order valence-electron chi connectivity index (χ2n) is 2.77. The highest BCUT2D eigenvalue weighted by molar-refractivity contribution is 9.10. The summed E-state index contributed by atoms with van der Waals surface area (Å²) in [7, 11) is 0. The van der Waals surface area contributed by atoms with Gasteiger partial charge in [0.05, 0.1) is 22.1 Å². The molecule has 0 amide bonds. The summed E-state index contributed by atoms with van der Waals surface area (Å²) >= 11 is 3.14. The molecular weight excluding hydrogens is 244 g/mol. The molecule has 0 aliphatic carbocycles. The van der Waals surface area contributed by atoms with Crippen LogP contribution >= 0.6 is 15.9 Å². The predicted molar refractivity (Wildman–Crippen MR) is 57.6 cm³/mol. The van der Waals surface area contributed by atoms with Crippen LogP contribution in [0, 0.1) is 11.3 Å². The second-order valence-corrected chi connectivity index (χ2v) is 3.62. The van der Waals surface area contributed by atoms with E-state index < -0.39 is 6.04 Å². The van der Waals surface area contributed by atoms with Crippen molar-refractivity contribution in [2.75, 3.05) is 0 Å². The summed E-state index contributed by atoms with van der Waals surface area (Å²) in [6, 6.07) is 4.60. The van der Waals surface area contributed by atoms with Gasteiger partial charge in [0.1, 0.15) is 5.75 Å². The Morgan fingerprint density at radius 2 is 2.29 bits per heavy atom. The van der Waals surface area contributed by atoms with Crippen molar-refractivity contribution < 1.29 is 5.11 Å². The fourth-order valence-corrected chi connectivity index (χ4v) is 1.54. The molecule has 1 atom stereocenters. The van der Waals surface area contributed by atoms with E-state index in [4.69, 9.17) is 11.0 Å². The third-order valence-electron chi connectivity index (χ3n) is 1.84. The minimum Gasteiger partial charge on any atom is -0.506 e. The highest BCUT2D eigenvalue weighted by atomic mass is 79.9. The standard InChI is InChI=1S/C10H9BrN2O/c1-2-9(13)7-3-6(5-12)4-8(11)10(7)14/h2-4,9,14H,1,13H2/t9-/m0/s1. The molecule has 1 rings (SSSR count). The van der Waals surface area contributed by atoms with Gasteiger partial charge in [-0.05, 0) is 28.1 Å². The van der Waals surface area contributed by atoms with E-state index in [1.54, 1.807) is 6.07 Å². The van der Waals surface area contributed by atoms with Gasteiger partial charge in [-0.15, -0.1) is 6.58 Å². The lowest BCUT2D eigenvalue weighted by Gasteiger charge is -2.10. The average molecular weight is 253 g/mol. The SMILES string of the molecule is C=C[C@H](N)c1cc(C#N)cc(Br)c1O. The quantitative estimate of drug-likeness (QED) is 0.794. The van der Waals surface area contributed by atoms with Gasteiger partial charge in [0.25, 0.3) is 0 Å². The molecule has 0 spiro atoms. The molecule has 72 valence electrons. The van der Waals surface area contributed by atoms with Gasteiger partial charge in [-0.3, -0.25) is 0 Å². The van der Waals surface area contributed by atoms with Crippen molar-refractivity contribution in [2.24, 2.45) is 5.73 Å². The first kappa shape index (κ1) is 10.8. The summed E-state index contributed by atoms with van der Waals surface area (Å²) in [6.07, 6.45) is 1.50. The number of hydrogen-bond acceptors (Lipinski definition) is 3. The van der Waals surface area contributed by atoms with Gasteiger partial charge in [-0.2, -0.15) is 5.26 Å². The van der Waals surface area contributed by atoms with E-state index in [9.17, 15) is 5.11 Å². The number of rotatable bonds is 2. The first-order chi connectivity index (χ1) is 6.60. The Bertz CT molecular complexity index is 409. The summed E-state index contributed by atoms with van der Waals surface area (Å²) in [6.45, 7) is 3.53. The van der Waals surface area contributed by atoms with Crippen LogP contribution in [-0.2, 0) is 0 Å². The normalized spacial score (nSPS) is 11.8. The van der Waals surface area contributed by atoms with Crippen LogP contribution in [0.4, 0.5) is 0 Å². The Kier molecular flexibility index (Phi) is 3.28. The van der Waals surface area contributed by atoms with Crippen LogP contribution in [-0.4, -0.2) is 5.11 Å². The molecule has 1 aromatic carbocycles. The van der Waals surface area contributed by atoms with Gasteiger partial charge in [-0.1, -0.05) is 6.08 Å². The van der Waals surface area contributed by atoms with Crippen molar-refractivity contribution in [3.8, 4) is 11.8 Å². The van der Waals surface area contributed by atoms with Crippen LogP contribution < -0.4 is 5.73 Å². The number of nitriles is 1. The Labute approximate surface area is 90.6 Å². The Morgan fingerprint density at radius 3 is 2.79 bits per heavy atom. The zero-order valence-electron chi connectivity index (χ0n) is 7.37. The molecule has 4 heteroatoms. The van der Waals surface area contributed by atoms with Crippen molar-refractivity contribution in [1.29, 1.82) is 5.26 Å². The molecule has 0 aliphatic rings. The molecule has 0 aromatic heterocycles. The van der Waals surface area contributed by atoms with Crippen LogP contribution in [0.2, 0.25) is 0 Å². The van der Waals surface area contributed by atoms with Gasteiger partial charge in [0.2, 0.25) is 0 Å². The maximum Gasteiger partial charge on any atom is 0.134 e. The van der Waals surface area contributed by atoms with Gasteiger partial charge < -0.3 is 10.8 Å². The molecular formula is C10H9BrN2O. The number of halogens is 1. The van der Waals surface area contributed by atoms with E-state index in [0.29, 0.717) is 15.6 Å². The number of phenolic OH excluding ortho intramolecular Hbond substituents is 1. The van der Waals surface area contributed by atoms with E-state index >= 15 is 0 Å². The van der Waals surface area contributed by atoms with Crippen LogP contribution in [0.3, 0.4) is 0 Å². The lowest BCUT2D eigenvalue weighted by molar-refractivity contribution is 0.462. The fourth-order valence-electron chi connectivity index (χ4n) is 1.07. The number of nitrogens with two attached hydrogens (primary N) is 1. The minimum atomic E-state index is -0.473. The Balaban J connectivity index is 3.35. The van der Waals surface area contributed by atoms with Gasteiger partial charge in [0, 0.05) is 5.56 Å². The smallest absolute Gasteiger partial charge is 0.134 e. The maximum absolute atomic E-state index is 9.63. The van der Waals surface area contributed by atoms with Crippen molar-refractivity contribution in [2.45, 2.75) is 6.04 Å². The van der Waals surface area contributed by atoms with Crippen LogP contribution in [0.1, 0.15) is 17.2 Å². The Morgan fingerprint density at radius 1 is 1.64 bits per heavy atom. The van der Waals surface area contributed by atoms with Gasteiger partial charge >= 0.3 is 0 Å². The highest BCUT2D eigenvalue weighted by Crippen LogP contribution is 2.32. The van der Waals surface area contributed by atoms with Crippen molar-refractivity contribution in [3.63, 3.8) is 0 Å². The highest BCUT2D eigenvalue weighted by Gasteiger charge is 2.12. The summed E-state index contributed by atoms with van der Waals surface area (Å²) < 4.78 is 0.462. The molecule has 0 fully saturated rings. The summed E-state index contributed by atoms with van der Waals surface area (Å²) in [4.78, 5) is 0. The summed E-state index contributed by atoms with van der Waals surface area (Å²) in [5.41, 5.74) is 6.62. The molecule has 0 bridgehead atoms. The monoisotopic (exact) mass is 252 g/mol. The number of phenols is 1. The Hall–Kier alpha value is -1.31. The van der Waals surface area contributed by atoms with Crippen LogP contribution in [0.15, 0.2) is 29.3 Å². The zero-order chi connectivity index (χ0) is 10.7. The average Bonchev–Trinajstić information content (AvgIpc) is 2.20. The topological polar surface area (TPSA) is 70.0 Å². The second kappa shape index (κ2) is 4.27. The third-order valence-corrected chi connectivity index (χ3v) is 2.44. The molecule has 0 saturated carbocycles. The molecule has 0 unspecified atom stereocenters. The van der Waals surface area contributed by atoms with Crippen molar-refractivity contribution >= 4 is 15.9 Å². The lowest BCUT2D eigenvalue weighted by atomic mass is 10.0. The minimum absolute atomic E-state index is 0.0522. The summed E-state index contributed by atoms with van der Waals surface area (Å²) in [5.74, 6) is 0.0522. The van der Waals surface area contributed by atoms with E-state index in [1.165, 1.54) is 12.1 Å². The van der Waals surface area contributed by atoms with E-state index in [-0.39, 0.29) is 5.75 Å². The molecule has 14 heavy (non-hydrogen) atoms. The maximum atomic E-state index is 9.63. The molecule has 0 radical (unpaired) electrons. The number of aromatic hydroxyl groups is 1. The van der Waals surface area contributed by atoms with Crippen LogP contribution in [0.25, 0.3) is 0 Å². The van der Waals surface area contributed by atoms with E-state index in [0.717, 1.165) is 0 Å². The first-order valence-electron chi connectivity index (χ1n) is 3.90. The van der Waals surface area contributed by atoms with E-state index in [1.807, 2.05) is 6.07 Å². The van der Waals surface area contributed by atoms with Gasteiger partial charge in [-0.25, -0.2) is 0 Å². The fraction of sp³-hybridized carbons (Fsp3) is 0.100. The van der Waals surface area contributed by atoms with Gasteiger partial charge in [0.15, 0.2) is 0 Å². The molecule has 3 N–H and O–H groups in total. The lowest BCUT2D eigenvalue weighted by Crippen LogP contribution is -2.07. The molecule has 3 nitrogen and oxygen atoms in total. The zero-order valence-corrected chi connectivity index (χ0v) is 8.95. The molecule has 0 aliphatic heterocycles. The molecule has 0 saturated heterocycles. The first-order valence-corrected chi connectivity index (χ1v) is 4.70. The van der Waals surface area contributed by atoms with Crippen LogP contribution in [0.5, 0.6) is 5.75 Å². The number of benzene rings is 1.